The topological polar surface area (TPSA) is 162 Å². The molecule has 0 aliphatic carbocycles. The highest BCUT2D eigenvalue weighted by molar-refractivity contribution is 5.91. The Morgan fingerprint density at radius 1 is 0.729 bits per heavy atom. The minimum atomic E-state index is -0.578. The van der Waals surface area contributed by atoms with Crippen molar-refractivity contribution >= 4 is 29.2 Å². The van der Waals surface area contributed by atoms with Gasteiger partial charge in [0.2, 0.25) is 11.8 Å². The Labute approximate surface area is 288 Å². The minimum Gasteiger partial charge on any atom is -0.387 e. The number of hydrogen-bond donors (Lipinski definition) is 4. The van der Waals surface area contributed by atoms with E-state index in [1.165, 1.54) is 0 Å². The van der Waals surface area contributed by atoms with Crippen molar-refractivity contribution in [3.8, 4) is 0 Å². The first-order chi connectivity index (χ1) is 22.6. The van der Waals surface area contributed by atoms with Crippen LogP contribution in [-0.4, -0.2) is 95.9 Å². The van der Waals surface area contributed by atoms with E-state index in [0.717, 1.165) is 31.5 Å². The van der Waals surface area contributed by atoms with Crippen molar-refractivity contribution in [2.24, 2.45) is 29.6 Å². The maximum Gasteiger partial charge on any atom is 0.246 e. The van der Waals surface area contributed by atoms with E-state index in [2.05, 4.69) is 29.4 Å². The fourth-order valence-corrected chi connectivity index (χ4v) is 5.29. The molecule has 1 aliphatic heterocycles. The van der Waals surface area contributed by atoms with E-state index in [9.17, 15) is 24.0 Å². The van der Waals surface area contributed by atoms with Gasteiger partial charge in [-0.2, -0.15) is 0 Å². The zero-order valence-corrected chi connectivity index (χ0v) is 31.0. The molecule has 1 aliphatic rings. The predicted octanol–water partition coefficient (Wildman–Crippen LogP) is 3.75. The molecule has 4 N–H and O–H groups in total. The molecule has 3 unspecified atom stereocenters. The third kappa shape index (κ3) is 15.9. The summed E-state index contributed by atoms with van der Waals surface area (Å²) in [6.45, 7) is 21.0. The number of rotatable bonds is 16. The van der Waals surface area contributed by atoms with Crippen molar-refractivity contribution in [2.45, 2.75) is 100 Å². The number of Topliss-reactive ketones (excluding diaryl/α,β-unsaturated/α-hetero) is 3. The molecular formula is C37H63N3O8. The molecule has 1 heterocycles. The predicted molar refractivity (Wildman–Crippen MR) is 188 cm³/mol. The van der Waals surface area contributed by atoms with Crippen LogP contribution in [0.4, 0.5) is 0 Å². The summed E-state index contributed by atoms with van der Waals surface area (Å²) in [6.07, 6.45) is 1.55. The van der Waals surface area contributed by atoms with Crippen LogP contribution in [0.2, 0.25) is 0 Å². The molecular weight excluding hydrogens is 614 g/mol. The quantitative estimate of drug-likeness (QED) is 0.204. The molecule has 11 heteroatoms. The molecule has 0 radical (unpaired) electrons. The molecule has 1 aromatic rings. The lowest BCUT2D eigenvalue weighted by atomic mass is 9.85. The number of benzene rings is 1. The zero-order chi connectivity index (χ0) is 37.0. The van der Waals surface area contributed by atoms with Crippen molar-refractivity contribution in [2.75, 3.05) is 39.5 Å². The van der Waals surface area contributed by atoms with Crippen molar-refractivity contribution in [3.05, 3.63) is 35.9 Å². The van der Waals surface area contributed by atoms with Crippen LogP contribution in [0.5, 0.6) is 0 Å². The standard InChI is InChI=1S/C15H23NO.C12H21NO4.C10H19NO3/c1-5-16(6-2)14(15(17)12(3)4)13-10-8-7-9-11-13;1-8(2)12(16)11(13-10(15)7-14)9-3-5-17-6-4-9;1-6(2)9(10(14)7(3)4)11-8(13)5-12/h7-12,14H,5-6H2,1-4H3;8-9,11,14H,3-7H2,1-2H3,(H,13,15);6-7,9,12H,5H2,1-4H3,(H,11,13). The van der Waals surface area contributed by atoms with E-state index in [4.69, 9.17) is 14.9 Å². The Hall–Kier alpha value is -2.99. The van der Waals surface area contributed by atoms with Crippen molar-refractivity contribution in [1.82, 2.24) is 15.5 Å². The SMILES string of the molecule is CC(C)C(=O)C(NC(=O)CO)C(C)C.CC(C)C(=O)C(NC(=O)CO)C1CCOCC1.CCN(CC)C(C(=O)C(C)C)c1ccccc1. The smallest absolute Gasteiger partial charge is 0.246 e. The van der Waals surface area contributed by atoms with E-state index >= 15 is 0 Å². The number of aliphatic hydroxyl groups is 2. The highest BCUT2D eigenvalue weighted by Gasteiger charge is 2.32. The molecule has 0 saturated carbocycles. The van der Waals surface area contributed by atoms with E-state index in [1.807, 2.05) is 71.9 Å². The van der Waals surface area contributed by atoms with Crippen LogP contribution in [0.3, 0.4) is 0 Å². The maximum absolute atomic E-state index is 12.4. The number of ketones is 3. The molecule has 0 aromatic heterocycles. The highest BCUT2D eigenvalue weighted by Crippen LogP contribution is 2.24. The van der Waals surface area contributed by atoms with Gasteiger partial charge in [0.1, 0.15) is 13.2 Å². The lowest BCUT2D eigenvalue weighted by Crippen LogP contribution is -2.49. The van der Waals surface area contributed by atoms with Gasteiger partial charge in [-0.1, -0.05) is 99.6 Å². The van der Waals surface area contributed by atoms with E-state index in [-0.39, 0.29) is 47.2 Å². The summed E-state index contributed by atoms with van der Waals surface area (Å²) in [5.41, 5.74) is 1.11. The lowest BCUT2D eigenvalue weighted by molar-refractivity contribution is -0.133. The average molecular weight is 678 g/mol. The monoisotopic (exact) mass is 677 g/mol. The zero-order valence-electron chi connectivity index (χ0n) is 31.0. The van der Waals surface area contributed by atoms with Gasteiger partial charge < -0.3 is 25.6 Å². The molecule has 1 saturated heterocycles. The number of likely N-dealkylation sites (N-methyl/N-ethyl adjacent to an activating group) is 1. The number of nitrogens with one attached hydrogen (secondary N) is 2. The molecule has 0 bridgehead atoms. The summed E-state index contributed by atoms with van der Waals surface area (Å²) in [6, 6.07) is 9.01. The third-order valence-electron chi connectivity index (χ3n) is 8.21. The van der Waals surface area contributed by atoms with Gasteiger partial charge in [0, 0.05) is 31.0 Å². The van der Waals surface area contributed by atoms with Gasteiger partial charge in [-0.3, -0.25) is 28.9 Å². The van der Waals surface area contributed by atoms with Crippen LogP contribution in [0.15, 0.2) is 30.3 Å². The van der Waals surface area contributed by atoms with Gasteiger partial charge in [-0.15, -0.1) is 0 Å². The molecule has 274 valence electrons. The Balaban J connectivity index is 0.000000695. The first-order valence-electron chi connectivity index (χ1n) is 17.4. The van der Waals surface area contributed by atoms with Crippen LogP contribution >= 0.6 is 0 Å². The largest absolute Gasteiger partial charge is 0.387 e. The van der Waals surface area contributed by atoms with Crippen LogP contribution in [-0.2, 0) is 28.7 Å². The Morgan fingerprint density at radius 2 is 1.19 bits per heavy atom. The fourth-order valence-electron chi connectivity index (χ4n) is 5.29. The normalized spacial score (nSPS) is 15.2. The summed E-state index contributed by atoms with van der Waals surface area (Å²) in [5.74, 6) is -0.660. The summed E-state index contributed by atoms with van der Waals surface area (Å²) in [4.78, 5) is 60.5. The molecule has 1 fully saturated rings. The Morgan fingerprint density at radius 3 is 1.58 bits per heavy atom. The van der Waals surface area contributed by atoms with Gasteiger partial charge in [0.15, 0.2) is 17.3 Å². The minimum absolute atomic E-state index is 0.00167. The Kier molecular flexibility index (Phi) is 22.7. The maximum atomic E-state index is 12.4. The summed E-state index contributed by atoms with van der Waals surface area (Å²) < 4.78 is 5.25. The van der Waals surface area contributed by atoms with Gasteiger partial charge in [-0.05, 0) is 43.3 Å². The summed E-state index contributed by atoms with van der Waals surface area (Å²) in [5, 5.41) is 22.4. The van der Waals surface area contributed by atoms with Crippen molar-refractivity contribution in [3.63, 3.8) is 0 Å². The van der Waals surface area contributed by atoms with Crippen LogP contribution < -0.4 is 10.6 Å². The van der Waals surface area contributed by atoms with Gasteiger partial charge >= 0.3 is 0 Å². The summed E-state index contributed by atoms with van der Waals surface area (Å²) >= 11 is 0. The lowest BCUT2D eigenvalue weighted by Gasteiger charge is -2.30. The fraction of sp³-hybridized carbons (Fsp3) is 0.703. The van der Waals surface area contributed by atoms with Crippen LogP contribution in [0, 0.1) is 29.6 Å². The number of aliphatic hydroxyl groups excluding tert-OH is 2. The van der Waals surface area contributed by atoms with E-state index in [0.29, 0.717) is 19.0 Å². The van der Waals surface area contributed by atoms with E-state index in [1.54, 1.807) is 13.8 Å². The molecule has 1 aromatic carbocycles. The number of hydrogen-bond acceptors (Lipinski definition) is 9. The first-order valence-corrected chi connectivity index (χ1v) is 17.4. The van der Waals surface area contributed by atoms with Crippen LogP contribution in [0.1, 0.15) is 93.7 Å². The van der Waals surface area contributed by atoms with Gasteiger partial charge in [0.05, 0.1) is 18.1 Å². The second-order valence-corrected chi connectivity index (χ2v) is 13.3. The number of nitrogens with zero attached hydrogens (tertiary/aromatic N) is 1. The van der Waals surface area contributed by atoms with E-state index < -0.39 is 37.1 Å². The van der Waals surface area contributed by atoms with Gasteiger partial charge in [0.25, 0.3) is 0 Å². The third-order valence-corrected chi connectivity index (χ3v) is 8.21. The van der Waals surface area contributed by atoms with Crippen LogP contribution in [0.25, 0.3) is 0 Å². The molecule has 2 amide bonds. The molecule has 0 spiro atoms. The van der Waals surface area contributed by atoms with Crippen molar-refractivity contribution < 1.29 is 38.9 Å². The van der Waals surface area contributed by atoms with Gasteiger partial charge in [-0.25, -0.2) is 0 Å². The van der Waals surface area contributed by atoms with Crippen molar-refractivity contribution in [1.29, 1.82) is 0 Å². The second-order valence-electron chi connectivity index (χ2n) is 13.3. The Bertz CT molecular complexity index is 1100. The highest BCUT2D eigenvalue weighted by atomic mass is 16.5. The number of amides is 2. The molecule has 48 heavy (non-hydrogen) atoms. The average Bonchev–Trinajstić information content (AvgIpc) is 3.08. The molecule has 3 atom stereocenters. The molecule has 11 nitrogen and oxygen atoms in total. The first kappa shape index (κ1) is 45.0. The number of ether oxygens (including phenoxy) is 1. The second kappa shape index (κ2) is 24.2. The number of carbonyl (C=O) groups is 5. The molecule has 2 rings (SSSR count). The summed E-state index contributed by atoms with van der Waals surface area (Å²) in [7, 11) is 0. The number of carbonyl (C=O) groups excluding carboxylic acids is 5.